The molecule has 0 aliphatic rings. The molecule has 2 aromatic heterocycles. The van der Waals surface area contributed by atoms with Crippen LogP contribution in [-0.4, -0.2) is 50.8 Å². The Balaban J connectivity index is 1.20. The predicted octanol–water partition coefficient (Wildman–Crippen LogP) is 4.85. The van der Waals surface area contributed by atoms with Gasteiger partial charge in [-0.1, -0.05) is 32.1 Å². The van der Waals surface area contributed by atoms with Gasteiger partial charge in [-0.3, -0.25) is 20.0 Å². The molecule has 3 rings (SSSR count). The van der Waals surface area contributed by atoms with Crippen LogP contribution in [0.4, 0.5) is 10.1 Å². The molecule has 0 saturated carbocycles. The zero-order valence-electron chi connectivity index (χ0n) is 20.5. The van der Waals surface area contributed by atoms with Gasteiger partial charge in [0.05, 0.1) is 5.69 Å². The van der Waals surface area contributed by atoms with Crippen molar-refractivity contribution in [2.75, 3.05) is 25.4 Å². The first-order valence-corrected chi connectivity index (χ1v) is 12.2. The number of benzene rings is 1. The second-order valence-electron chi connectivity index (χ2n) is 8.59. The summed E-state index contributed by atoms with van der Waals surface area (Å²) in [5, 5.41) is 20.4. The number of unbranched alkanes of at least 4 members (excludes halogenated alkanes) is 7. The van der Waals surface area contributed by atoms with Crippen LogP contribution in [0.3, 0.4) is 0 Å². The first kappa shape index (κ1) is 27.1. The fraction of sp³-hybridized carbons (Fsp3) is 0.542. The van der Waals surface area contributed by atoms with Gasteiger partial charge in [0.25, 0.3) is 0 Å². The van der Waals surface area contributed by atoms with Gasteiger partial charge >= 0.3 is 5.97 Å². The summed E-state index contributed by atoms with van der Waals surface area (Å²) in [7, 11) is 0. The molecule has 0 atom stereocenters. The van der Waals surface area contributed by atoms with Crippen LogP contribution in [0.5, 0.6) is 0 Å². The van der Waals surface area contributed by atoms with Crippen LogP contribution in [0.1, 0.15) is 63.5 Å². The van der Waals surface area contributed by atoms with Crippen LogP contribution in [0.15, 0.2) is 24.3 Å². The highest BCUT2D eigenvalue weighted by molar-refractivity contribution is 5.69. The Morgan fingerprint density at radius 1 is 1.11 bits per heavy atom. The highest BCUT2D eigenvalue weighted by Gasteiger charge is 2.14. The van der Waals surface area contributed by atoms with E-state index in [1.54, 1.807) is 6.92 Å². The van der Waals surface area contributed by atoms with Crippen LogP contribution >= 0.6 is 0 Å². The number of fused-ring (bicyclic) bond motifs is 1. The standard InChI is InChI=1S/C24H33FN6O5/c1-18-22(25)24-27-23(29-31(24)28-18)19-11-13-20(14-12-19)26-16-35-17-36-21(32)10-8-6-4-2-3-5-7-9-15-30(33)34/h11-14,26,28H,2-10,15-17H2,1H3. The first-order chi connectivity index (χ1) is 17.4. The molecule has 0 bridgehead atoms. The first-order valence-electron chi connectivity index (χ1n) is 12.2. The Morgan fingerprint density at radius 3 is 2.44 bits per heavy atom. The number of aromatic amines is 1. The number of nitrogens with zero attached hydrogens (tertiary/aromatic N) is 4. The third-order valence-electron chi connectivity index (χ3n) is 5.70. The Morgan fingerprint density at radius 2 is 1.78 bits per heavy atom. The fourth-order valence-corrected chi connectivity index (χ4v) is 3.69. The molecule has 0 aliphatic carbocycles. The van der Waals surface area contributed by atoms with E-state index in [4.69, 9.17) is 9.47 Å². The topological polar surface area (TPSA) is 137 Å². The smallest absolute Gasteiger partial charge is 0.307 e. The van der Waals surface area contributed by atoms with E-state index < -0.39 is 5.82 Å². The minimum atomic E-state index is -0.416. The van der Waals surface area contributed by atoms with Crippen molar-refractivity contribution in [2.24, 2.45) is 0 Å². The molecule has 12 heteroatoms. The van der Waals surface area contributed by atoms with E-state index in [-0.39, 0.29) is 36.6 Å². The van der Waals surface area contributed by atoms with Gasteiger partial charge < -0.3 is 14.8 Å². The van der Waals surface area contributed by atoms with E-state index >= 15 is 0 Å². The minimum Gasteiger partial charge on any atom is -0.438 e. The molecule has 2 heterocycles. The molecule has 0 spiro atoms. The minimum absolute atomic E-state index is 0.0571. The molecule has 3 aromatic rings. The maximum Gasteiger partial charge on any atom is 0.307 e. The van der Waals surface area contributed by atoms with Crippen LogP contribution in [0.2, 0.25) is 0 Å². The average Bonchev–Trinajstić information content (AvgIpc) is 3.38. The number of nitrogens with one attached hydrogen (secondary N) is 2. The highest BCUT2D eigenvalue weighted by Crippen LogP contribution is 2.20. The van der Waals surface area contributed by atoms with Gasteiger partial charge in [-0.05, 0) is 44.0 Å². The number of esters is 1. The largest absolute Gasteiger partial charge is 0.438 e. The quantitative estimate of drug-likeness (QED) is 0.0875. The number of hydrogen-bond acceptors (Lipinski definition) is 8. The summed E-state index contributed by atoms with van der Waals surface area (Å²) in [6, 6.07) is 7.29. The van der Waals surface area contributed by atoms with E-state index in [9.17, 15) is 19.3 Å². The molecule has 0 fully saturated rings. The molecule has 36 heavy (non-hydrogen) atoms. The van der Waals surface area contributed by atoms with E-state index in [1.807, 2.05) is 24.3 Å². The number of H-pyrrole nitrogens is 1. The van der Waals surface area contributed by atoms with Gasteiger partial charge in [-0.2, -0.15) is 4.63 Å². The molecular weight excluding hydrogens is 471 g/mol. The van der Waals surface area contributed by atoms with Crippen molar-refractivity contribution in [1.82, 2.24) is 19.8 Å². The molecule has 0 saturated heterocycles. The summed E-state index contributed by atoms with van der Waals surface area (Å²) in [6.45, 7) is 1.73. The van der Waals surface area contributed by atoms with Gasteiger partial charge in [0.1, 0.15) is 6.73 Å². The molecule has 0 radical (unpaired) electrons. The van der Waals surface area contributed by atoms with Gasteiger partial charge in [0.2, 0.25) is 12.2 Å². The van der Waals surface area contributed by atoms with Crippen molar-refractivity contribution in [3.8, 4) is 11.4 Å². The van der Waals surface area contributed by atoms with Crippen molar-refractivity contribution in [2.45, 2.75) is 64.7 Å². The van der Waals surface area contributed by atoms with Gasteiger partial charge in [-0.15, -0.1) is 5.10 Å². The van der Waals surface area contributed by atoms with Crippen molar-refractivity contribution >= 4 is 17.3 Å². The van der Waals surface area contributed by atoms with E-state index in [0.29, 0.717) is 24.4 Å². The van der Waals surface area contributed by atoms with E-state index in [2.05, 4.69) is 20.5 Å². The third kappa shape index (κ3) is 8.59. The van der Waals surface area contributed by atoms with E-state index in [0.717, 1.165) is 56.2 Å². The summed E-state index contributed by atoms with van der Waals surface area (Å²) in [5.41, 5.74) is 2.09. The van der Waals surface area contributed by atoms with E-state index in [1.165, 1.54) is 4.63 Å². The monoisotopic (exact) mass is 504 g/mol. The Labute approximate surface area is 208 Å². The van der Waals surface area contributed by atoms with Crippen LogP contribution in [0, 0.1) is 22.9 Å². The Bertz CT molecular complexity index is 1110. The van der Waals surface area contributed by atoms with Gasteiger partial charge in [-0.25, -0.2) is 9.37 Å². The number of aromatic nitrogens is 4. The van der Waals surface area contributed by atoms with Crippen molar-refractivity contribution in [1.29, 1.82) is 0 Å². The lowest BCUT2D eigenvalue weighted by Crippen LogP contribution is -2.12. The second-order valence-corrected chi connectivity index (χ2v) is 8.59. The van der Waals surface area contributed by atoms with Crippen LogP contribution in [-0.2, 0) is 14.3 Å². The molecule has 0 amide bonds. The summed E-state index contributed by atoms with van der Waals surface area (Å²) in [4.78, 5) is 26.0. The lowest BCUT2D eigenvalue weighted by Gasteiger charge is -2.09. The number of rotatable bonds is 17. The molecule has 11 nitrogen and oxygen atoms in total. The lowest BCUT2D eigenvalue weighted by atomic mass is 10.1. The predicted molar refractivity (Wildman–Crippen MR) is 131 cm³/mol. The zero-order chi connectivity index (χ0) is 25.8. The lowest BCUT2D eigenvalue weighted by molar-refractivity contribution is -0.480. The second kappa shape index (κ2) is 14.1. The molecule has 0 aliphatic heterocycles. The number of anilines is 1. The van der Waals surface area contributed by atoms with Crippen LogP contribution < -0.4 is 5.32 Å². The molecule has 2 N–H and O–H groups in total. The number of nitro groups is 1. The summed E-state index contributed by atoms with van der Waals surface area (Å²) in [5.74, 6) is -0.282. The van der Waals surface area contributed by atoms with Crippen molar-refractivity contribution in [3.63, 3.8) is 0 Å². The fourth-order valence-electron chi connectivity index (χ4n) is 3.69. The normalized spacial score (nSPS) is 11.2. The highest BCUT2D eigenvalue weighted by atomic mass is 19.1. The number of hydrogen-bond donors (Lipinski definition) is 2. The van der Waals surface area contributed by atoms with Crippen LogP contribution in [0.25, 0.3) is 17.0 Å². The maximum absolute atomic E-state index is 13.9. The molecular formula is C24H33FN6O5. The summed E-state index contributed by atoms with van der Waals surface area (Å²) >= 11 is 0. The number of aryl methyl sites for hydroxylation is 1. The Hall–Kier alpha value is -3.54. The number of ether oxygens (including phenoxy) is 2. The molecule has 196 valence electrons. The number of halogens is 1. The maximum atomic E-state index is 13.9. The van der Waals surface area contributed by atoms with Crippen molar-refractivity contribution < 1.29 is 23.6 Å². The average molecular weight is 505 g/mol. The number of carbonyl (C=O) groups is 1. The molecule has 1 aromatic carbocycles. The Kier molecular flexibility index (Phi) is 10.6. The summed E-state index contributed by atoms with van der Waals surface area (Å²) < 4.78 is 25.7. The summed E-state index contributed by atoms with van der Waals surface area (Å²) in [6.07, 6.45) is 7.86. The van der Waals surface area contributed by atoms with Gasteiger partial charge in [0, 0.05) is 29.0 Å². The SMILES string of the molecule is Cc1[nH]n2nc(-c3ccc(NCOCOC(=O)CCCCCCCCCC[N+](=O)[O-])cc3)nc2c1F. The molecule has 0 unspecified atom stereocenters. The zero-order valence-corrected chi connectivity index (χ0v) is 20.5. The number of carbonyl (C=O) groups excluding carboxylic acids is 1. The third-order valence-corrected chi connectivity index (χ3v) is 5.70. The van der Waals surface area contributed by atoms with Crippen molar-refractivity contribution in [3.05, 3.63) is 45.9 Å². The van der Waals surface area contributed by atoms with Gasteiger partial charge in [0.15, 0.2) is 18.4 Å².